The zero-order valence-electron chi connectivity index (χ0n) is 12.9. The van der Waals surface area contributed by atoms with Crippen LogP contribution >= 0.6 is 12.4 Å². The highest BCUT2D eigenvalue weighted by molar-refractivity contribution is 5.85. The number of fused-ring (bicyclic) bond motifs is 1. The summed E-state index contributed by atoms with van der Waals surface area (Å²) in [7, 11) is 0. The van der Waals surface area contributed by atoms with Crippen molar-refractivity contribution in [2.45, 2.75) is 58.6 Å². The van der Waals surface area contributed by atoms with Gasteiger partial charge in [0.15, 0.2) is 0 Å². The van der Waals surface area contributed by atoms with Crippen molar-refractivity contribution in [2.75, 3.05) is 13.1 Å². The van der Waals surface area contributed by atoms with E-state index < -0.39 is 0 Å². The topological polar surface area (TPSA) is 23.5 Å². The summed E-state index contributed by atoms with van der Waals surface area (Å²) < 4.78 is 0. The second kappa shape index (κ2) is 8.02. The molecule has 1 N–H and O–H groups in total. The Morgan fingerprint density at radius 1 is 1.10 bits per heavy atom. The van der Waals surface area contributed by atoms with Crippen LogP contribution in [0, 0.1) is 0 Å². The summed E-state index contributed by atoms with van der Waals surface area (Å²) in [5, 5.41) is 10.6. The van der Waals surface area contributed by atoms with Gasteiger partial charge in [0.1, 0.15) is 0 Å². The molecule has 2 rings (SSSR count). The summed E-state index contributed by atoms with van der Waals surface area (Å²) >= 11 is 0. The molecule has 0 radical (unpaired) electrons. The predicted octanol–water partition coefficient (Wildman–Crippen LogP) is 3.75. The zero-order valence-corrected chi connectivity index (χ0v) is 13.7. The number of rotatable bonds is 5. The van der Waals surface area contributed by atoms with Gasteiger partial charge in [-0.1, -0.05) is 32.0 Å². The van der Waals surface area contributed by atoms with E-state index in [1.165, 1.54) is 36.8 Å². The Morgan fingerprint density at radius 2 is 1.70 bits per heavy atom. The number of benzene rings is 1. The summed E-state index contributed by atoms with van der Waals surface area (Å²) in [5.74, 6) is 0. The Labute approximate surface area is 129 Å². The summed E-state index contributed by atoms with van der Waals surface area (Å²) in [6, 6.07) is 6.76. The molecule has 2 nitrogen and oxygen atoms in total. The maximum atomic E-state index is 10.6. The number of nitrogens with zero attached hydrogens (tertiary/aromatic N) is 1. The first kappa shape index (κ1) is 17.5. The lowest BCUT2D eigenvalue weighted by Gasteiger charge is -2.31. The highest BCUT2D eigenvalue weighted by Gasteiger charge is 2.22. The fraction of sp³-hybridized carbons (Fsp3) is 0.647. The van der Waals surface area contributed by atoms with Gasteiger partial charge in [-0.05, 0) is 62.4 Å². The number of aliphatic hydroxyl groups excluding tert-OH is 1. The van der Waals surface area contributed by atoms with E-state index in [2.05, 4.69) is 43.9 Å². The quantitative estimate of drug-likeness (QED) is 0.895. The third kappa shape index (κ3) is 3.75. The second-order valence-corrected chi connectivity index (χ2v) is 5.64. The van der Waals surface area contributed by atoms with Gasteiger partial charge in [-0.3, -0.25) is 4.90 Å². The van der Waals surface area contributed by atoms with Crippen LogP contribution in [-0.4, -0.2) is 29.1 Å². The van der Waals surface area contributed by atoms with Crippen molar-refractivity contribution in [1.29, 1.82) is 0 Å². The van der Waals surface area contributed by atoms with Crippen LogP contribution in [0.4, 0.5) is 0 Å². The fourth-order valence-corrected chi connectivity index (χ4v) is 3.22. The van der Waals surface area contributed by atoms with Crippen molar-refractivity contribution in [2.24, 2.45) is 0 Å². The van der Waals surface area contributed by atoms with Crippen molar-refractivity contribution < 1.29 is 5.11 Å². The van der Waals surface area contributed by atoms with E-state index in [0.717, 1.165) is 18.7 Å². The van der Waals surface area contributed by atoms with E-state index in [0.29, 0.717) is 0 Å². The number of hydrogen-bond acceptors (Lipinski definition) is 2. The number of aliphatic hydroxyl groups is 1. The van der Waals surface area contributed by atoms with Crippen LogP contribution in [0.15, 0.2) is 18.2 Å². The lowest BCUT2D eigenvalue weighted by molar-refractivity contribution is 0.0637. The average Bonchev–Trinajstić information content (AvgIpc) is 2.47. The van der Waals surface area contributed by atoms with E-state index in [1.54, 1.807) is 0 Å². The smallest absolute Gasteiger partial charge is 0.0942 e. The molecule has 1 aliphatic rings. The highest BCUT2D eigenvalue weighted by atomic mass is 35.5. The molecular formula is C17H28ClNO. The van der Waals surface area contributed by atoms with Gasteiger partial charge < -0.3 is 5.11 Å². The van der Waals surface area contributed by atoms with Gasteiger partial charge in [-0.2, -0.15) is 0 Å². The minimum atomic E-state index is -0.382. The third-order valence-electron chi connectivity index (χ3n) is 4.56. The molecule has 114 valence electrons. The first-order valence-electron chi connectivity index (χ1n) is 7.71. The first-order chi connectivity index (χ1) is 9.17. The maximum Gasteiger partial charge on any atom is 0.0942 e. The molecule has 0 saturated carbocycles. The number of aryl methyl sites for hydroxylation is 2. The van der Waals surface area contributed by atoms with Gasteiger partial charge in [-0.25, -0.2) is 0 Å². The Hall–Kier alpha value is -0.570. The summed E-state index contributed by atoms with van der Waals surface area (Å²) in [4.78, 5) is 2.31. The molecule has 0 aliphatic heterocycles. The molecule has 2 atom stereocenters. The Kier molecular flexibility index (Phi) is 7.01. The predicted molar refractivity (Wildman–Crippen MR) is 87.7 cm³/mol. The third-order valence-corrected chi connectivity index (χ3v) is 4.56. The van der Waals surface area contributed by atoms with E-state index in [-0.39, 0.29) is 24.6 Å². The van der Waals surface area contributed by atoms with E-state index >= 15 is 0 Å². The van der Waals surface area contributed by atoms with E-state index in [9.17, 15) is 5.11 Å². The van der Waals surface area contributed by atoms with Crippen LogP contribution in [0.1, 0.15) is 56.4 Å². The molecule has 0 saturated heterocycles. The molecule has 1 aromatic rings. The van der Waals surface area contributed by atoms with Crippen LogP contribution in [0.2, 0.25) is 0 Å². The molecule has 0 fully saturated rings. The summed E-state index contributed by atoms with van der Waals surface area (Å²) in [6.45, 7) is 8.40. The molecule has 0 amide bonds. The molecule has 20 heavy (non-hydrogen) atoms. The van der Waals surface area contributed by atoms with Crippen molar-refractivity contribution in [3.05, 3.63) is 34.9 Å². The minimum absolute atomic E-state index is 0. The fourth-order valence-electron chi connectivity index (χ4n) is 3.22. The van der Waals surface area contributed by atoms with Gasteiger partial charge in [0.25, 0.3) is 0 Å². The van der Waals surface area contributed by atoms with E-state index in [1.807, 2.05) is 0 Å². The van der Waals surface area contributed by atoms with Gasteiger partial charge in [0, 0.05) is 6.04 Å². The Morgan fingerprint density at radius 3 is 2.30 bits per heavy atom. The van der Waals surface area contributed by atoms with Crippen LogP contribution < -0.4 is 0 Å². The van der Waals surface area contributed by atoms with Gasteiger partial charge in [0.2, 0.25) is 0 Å². The normalized spacial score (nSPS) is 17.2. The molecule has 2 unspecified atom stereocenters. The molecule has 1 aromatic carbocycles. The van der Waals surface area contributed by atoms with Crippen molar-refractivity contribution in [3.8, 4) is 0 Å². The highest BCUT2D eigenvalue weighted by Crippen LogP contribution is 2.27. The summed E-state index contributed by atoms with van der Waals surface area (Å²) in [6.07, 6.45) is 4.60. The molecular weight excluding hydrogens is 270 g/mol. The standard InChI is InChI=1S/C17H27NO.ClH/c1-4-18(5-2)13(3)17(19)16-11-10-14-8-6-7-9-15(14)12-16;/h10-13,17,19H,4-9H2,1-3H3;1H. The van der Waals surface area contributed by atoms with Crippen molar-refractivity contribution in [1.82, 2.24) is 4.90 Å². The Balaban J connectivity index is 0.00000200. The number of hydrogen-bond donors (Lipinski definition) is 1. The molecule has 3 heteroatoms. The minimum Gasteiger partial charge on any atom is -0.387 e. The molecule has 0 aromatic heterocycles. The molecule has 0 spiro atoms. The van der Waals surface area contributed by atoms with Crippen molar-refractivity contribution >= 4 is 12.4 Å². The van der Waals surface area contributed by atoms with Crippen LogP contribution in [-0.2, 0) is 12.8 Å². The van der Waals surface area contributed by atoms with E-state index in [4.69, 9.17) is 0 Å². The molecule has 0 heterocycles. The number of likely N-dealkylation sites (N-methyl/N-ethyl adjacent to an activating group) is 1. The largest absolute Gasteiger partial charge is 0.387 e. The van der Waals surface area contributed by atoms with Crippen LogP contribution in [0.25, 0.3) is 0 Å². The molecule has 0 bridgehead atoms. The van der Waals surface area contributed by atoms with Gasteiger partial charge >= 0.3 is 0 Å². The van der Waals surface area contributed by atoms with Crippen LogP contribution in [0.5, 0.6) is 0 Å². The summed E-state index contributed by atoms with van der Waals surface area (Å²) in [5.41, 5.74) is 4.02. The molecule has 1 aliphatic carbocycles. The lowest BCUT2D eigenvalue weighted by atomic mass is 9.88. The van der Waals surface area contributed by atoms with Crippen LogP contribution in [0.3, 0.4) is 0 Å². The average molecular weight is 298 g/mol. The monoisotopic (exact) mass is 297 g/mol. The zero-order chi connectivity index (χ0) is 13.8. The lowest BCUT2D eigenvalue weighted by Crippen LogP contribution is -2.37. The SMILES string of the molecule is CCN(CC)C(C)C(O)c1ccc2c(c1)CCCC2.Cl. The Bertz CT molecular complexity index is 417. The maximum absolute atomic E-state index is 10.6. The van der Waals surface area contributed by atoms with Gasteiger partial charge in [-0.15, -0.1) is 12.4 Å². The first-order valence-corrected chi connectivity index (χ1v) is 7.71. The van der Waals surface area contributed by atoms with Gasteiger partial charge in [0.05, 0.1) is 6.10 Å². The number of halogens is 1. The second-order valence-electron chi connectivity index (χ2n) is 5.64. The van der Waals surface area contributed by atoms with Crippen molar-refractivity contribution in [3.63, 3.8) is 0 Å².